The molecule has 0 radical (unpaired) electrons. The van der Waals surface area contributed by atoms with E-state index >= 15 is 0 Å². The van der Waals surface area contributed by atoms with Gasteiger partial charge in [-0.25, -0.2) is 0 Å². The van der Waals surface area contributed by atoms with Crippen molar-refractivity contribution >= 4 is 11.5 Å². The van der Waals surface area contributed by atoms with Crippen LogP contribution in [0.2, 0.25) is 0 Å². The third-order valence-electron chi connectivity index (χ3n) is 8.82. The van der Waals surface area contributed by atoms with Crippen molar-refractivity contribution in [2.45, 2.75) is 70.3 Å². The van der Waals surface area contributed by atoms with Gasteiger partial charge in [0.15, 0.2) is 5.78 Å². The van der Waals surface area contributed by atoms with Crippen LogP contribution in [0.25, 0.3) is 0 Å². The second-order valence-electron chi connectivity index (χ2n) is 10.1. The van der Waals surface area contributed by atoms with Gasteiger partial charge < -0.3 is 10.4 Å². The van der Waals surface area contributed by atoms with Crippen molar-refractivity contribution in [1.29, 1.82) is 0 Å². The van der Waals surface area contributed by atoms with Crippen LogP contribution in [0.4, 0.5) is 5.69 Å². The molecule has 3 nitrogen and oxygen atoms in total. The molecule has 0 saturated heterocycles. The summed E-state index contributed by atoms with van der Waals surface area (Å²) in [6.07, 6.45) is 8.22. The van der Waals surface area contributed by atoms with Crippen molar-refractivity contribution in [2.75, 3.05) is 12.4 Å². The predicted molar refractivity (Wildman–Crippen MR) is 125 cm³/mol. The highest BCUT2D eigenvalue weighted by molar-refractivity contribution is 5.93. The van der Waals surface area contributed by atoms with Crippen LogP contribution >= 0.6 is 0 Å². The Balaban J connectivity index is 1.68. The highest BCUT2D eigenvalue weighted by Gasteiger charge is 2.62. The SMILES string of the molecule is CC#C[C@@]1(O)CC[C@H]2[C@@H]3CCC4=CC(=O)CCC4=C3[C@@H](c3ccc(NC)cc3)C[C@@]21C. The zero-order valence-corrected chi connectivity index (χ0v) is 18.9. The van der Waals surface area contributed by atoms with Crippen molar-refractivity contribution in [1.82, 2.24) is 0 Å². The molecule has 2 fully saturated rings. The van der Waals surface area contributed by atoms with E-state index < -0.39 is 5.60 Å². The second kappa shape index (κ2) is 7.38. The van der Waals surface area contributed by atoms with Gasteiger partial charge in [-0.05, 0) is 92.2 Å². The van der Waals surface area contributed by atoms with Crippen molar-refractivity contribution in [3.05, 3.63) is 52.6 Å². The molecule has 3 heteroatoms. The minimum atomic E-state index is -0.912. The summed E-state index contributed by atoms with van der Waals surface area (Å²) in [5, 5.41) is 14.9. The molecule has 4 aliphatic carbocycles. The Hall–Kier alpha value is -2.31. The maximum atomic E-state index is 12.1. The van der Waals surface area contributed by atoms with Gasteiger partial charge in [0.2, 0.25) is 0 Å². The Morgan fingerprint density at radius 2 is 1.90 bits per heavy atom. The Morgan fingerprint density at radius 3 is 2.61 bits per heavy atom. The summed E-state index contributed by atoms with van der Waals surface area (Å²) < 4.78 is 0. The molecule has 0 amide bonds. The van der Waals surface area contributed by atoms with Crippen molar-refractivity contribution in [3.63, 3.8) is 0 Å². The summed E-state index contributed by atoms with van der Waals surface area (Å²) in [7, 11) is 1.95. The van der Waals surface area contributed by atoms with Crippen LogP contribution in [0, 0.1) is 29.1 Å². The van der Waals surface area contributed by atoms with E-state index in [2.05, 4.69) is 48.3 Å². The van der Waals surface area contributed by atoms with E-state index in [9.17, 15) is 9.90 Å². The van der Waals surface area contributed by atoms with E-state index in [1.807, 2.05) is 20.0 Å². The molecule has 4 aliphatic rings. The van der Waals surface area contributed by atoms with E-state index in [0.717, 1.165) is 44.2 Å². The van der Waals surface area contributed by atoms with Crippen molar-refractivity contribution in [2.24, 2.45) is 17.3 Å². The normalized spacial score (nSPS) is 36.6. The molecule has 5 atom stereocenters. The van der Waals surface area contributed by atoms with Gasteiger partial charge >= 0.3 is 0 Å². The number of carbonyl (C=O) groups excluding carboxylic acids is 1. The summed E-state index contributed by atoms with van der Waals surface area (Å²) >= 11 is 0. The van der Waals surface area contributed by atoms with Gasteiger partial charge in [0.05, 0.1) is 0 Å². The first-order valence-corrected chi connectivity index (χ1v) is 11.8. The Labute approximate surface area is 186 Å². The molecule has 1 aromatic carbocycles. The summed E-state index contributed by atoms with van der Waals surface area (Å²) in [6.45, 7) is 4.14. The average Bonchev–Trinajstić information content (AvgIpc) is 3.03. The number of benzene rings is 1. The number of aliphatic hydroxyl groups is 1. The molecule has 0 bridgehead atoms. The molecule has 2 N–H and O–H groups in total. The maximum absolute atomic E-state index is 12.1. The molecule has 5 rings (SSSR count). The van der Waals surface area contributed by atoms with Crippen LogP contribution in [0.5, 0.6) is 0 Å². The van der Waals surface area contributed by atoms with Crippen LogP contribution in [-0.2, 0) is 4.79 Å². The van der Waals surface area contributed by atoms with Crippen LogP contribution < -0.4 is 5.32 Å². The molecule has 0 unspecified atom stereocenters. The fourth-order valence-corrected chi connectivity index (χ4v) is 7.26. The first-order valence-electron chi connectivity index (χ1n) is 11.8. The quantitative estimate of drug-likeness (QED) is 0.638. The zero-order valence-electron chi connectivity index (χ0n) is 18.9. The van der Waals surface area contributed by atoms with E-state index in [-0.39, 0.29) is 17.1 Å². The fourth-order valence-electron chi connectivity index (χ4n) is 7.26. The molecule has 0 heterocycles. The van der Waals surface area contributed by atoms with E-state index in [1.165, 1.54) is 16.7 Å². The van der Waals surface area contributed by atoms with Gasteiger partial charge in [-0.3, -0.25) is 4.79 Å². The van der Waals surface area contributed by atoms with Crippen LogP contribution in [0.3, 0.4) is 0 Å². The smallest absolute Gasteiger partial charge is 0.156 e. The Kier molecular flexibility index (Phi) is 4.90. The highest BCUT2D eigenvalue weighted by atomic mass is 16.3. The van der Waals surface area contributed by atoms with Crippen LogP contribution in [0.1, 0.15) is 70.3 Å². The minimum Gasteiger partial charge on any atom is -0.388 e. The lowest BCUT2D eigenvalue weighted by Crippen LogP contribution is -2.51. The fraction of sp³-hybridized carbons (Fsp3) is 0.536. The number of rotatable bonds is 2. The third kappa shape index (κ3) is 3.03. The lowest BCUT2D eigenvalue weighted by molar-refractivity contribution is -0.114. The summed E-state index contributed by atoms with van der Waals surface area (Å²) in [6, 6.07) is 8.80. The summed E-state index contributed by atoms with van der Waals surface area (Å²) in [4.78, 5) is 12.1. The third-order valence-corrected chi connectivity index (χ3v) is 8.82. The number of anilines is 1. The number of allylic oxidation sites excluding steroid dienone is 4. The van der Waals surface area contributed by atoms with E-state index in [4.69, 9.17) is 0 Å². The lowest BCUT2D eigenvalue weighted by atomic mass is 9.51. The second-order valence-corrected chi connectivity index (χ2v) is 10.1. The summed E-state index contributed by atoms with van der Waals surface area (Å²) in [5.41, 5.74) is 5.61. The van der Waals surface area contributed by atoms with Crippen molar-refractivity contribution in [3.8, 4) is 11.8 Å². The van der Waals surface area contributed by atoms with Gasteiger partial charge in [0.1, 0.15) is 5.60 Å². The monoisotopic (exact) mass is 415 g/mol. The molecule has 0 spiro atoms. The number of fused-ring (bicyclic) bond motifs is 4. The van der Waals surface area contributed by atoms with E-state index in [0.29, 0.717) is 18.3 Å². The predicted octanol–water partition coefficient (Wildman–Crippen LogP) is 5.38. The molecule has 1 aromatic rings. The van der Waals surface area contributed by atoms with Crippen molar-refractivity contribution < 1.29 is 9.90 Å². The number of hydrogen-bond donors (Lipinski definition) is 2. The van der Waals surface area contributed by atoms with Crippen LogP contribution in [-0.4, -0.2) is 23.5 Å². The molecular formula is C28H33NO2. The van der Waals surface area contributed by atoms with Gasteiger partial charge in [-0.15, -0.1) is 5.92 Å². The first-order chi connectivity index (χ1) is 14.9. The number of hydrogen-bond acceptors (Lipinski definition) is 3. The minimum absolute atomic E-state index is 0.219. The largest absolute Gasteiger partial charge is 0.388 e. The number of carbonyl (C=O) groups is 1. The summed E-state index contributed by atoms with van der Waals surface area (Å²) in [5.74, 6) is 7.74. The van der Waals surface area contributed by atoms with Gasteiger partial charge in [-0.1, -0.05) is 30.6 Å². The Bertz CT molecular complexity index is 1040. The number of nitrogens with one attached hydrogen (secondary N) is 1. The van der Waals surface area contributed by atoms with Gasteiger partial charge in [-0.2, -0.15) is 0 Å². The standard InChI is InChI=1S/C28H33NO2/c1-4-14-28(31)15-13-25-23-11-7-19-16-21(30)10-12-22(19)26(23)24(17-27(25,28)2)18-5-8-20(29-3)9-6-18/h5-6,8-9,16,23-25,29,31H,7,10-13,15,17H2,1-3H3/t23-,24+,25-,27-,28+/m0/s1. The number of ketones is 1. The van der Waals surface area contributed by atoms with E-state index in [1.54, 1.807) is 5.57 Å². The molecule has 2 saturated carbocycles. The highest BCUT2D eigenvalue weighted by Crippen LogP contribution is 2.66. The Morgan fingerprint density at radius 1 is 1.13 bits per heavy atom. The van der Waals surface area contributed by atoms with Crippen LogP contribution in [0.15, 0.2) is 47.1 Å². The molecule has 31 heavy (non-hydrogen) atoms. The average molecular weight is 416 g/mol. The van der Waals surface area contributed by atoms with Gasteiger partial charge in [0.25, 0.3) is 0 Å². The zero-order chi connectivity index (χ0) is 21.8. The molecular weight excluding hydrogens is 382 g/mol. The lowest BCUT2D eigenvalue weighted by Gasteiger charge is -2.53. The molecule has 162 valence electrons. The maximum Gasteiger partial charge on any atom is 0.156 e. The molecule has 0 aliphatic heterocycles. The first kappa shape index (κ1) is 20.6. The topological polar surface area (TPSA) is 49.3 Å². The van der Waals surface area contributed by atoms with Gasteiger partial charge in [0, 0.05) is 30.5 Å². The molecule has 0 aromatic heterocycles.